The molecule has 4 aliphatic rings. The zero-order valence-corrected chi connectivity index (χ0v) is 53.8. The summed E-state index contributed by atoms with van der Waals surface area (Å²) < 4.78 is 106. The minimum atomic E-state index is -1.29. The van der Waals surface area contributed by atoms with Gasteiger partial charge in [-0.05, 0) is 89.8 Å². The molecule has 2 N–H and O–H groups in total. The first kappa shape index (κ1) is 72.6. The predicted molar refractivity (Wildman–Crippen MR) is 310 cm³/mol. The summed E-state index contributed by atoms with van der Waals surface area (Å²) in [6.07, 6.45) is -10.7. The lowest BCUT2D eigenvalue weighted by molar-refractivity contribution is -0.384. The molecule has 1 aromatic rings. The van der Waals surface area contributed by atoms with E-state index in [0.29, 0.717) is 37.4 Å². The third-order valence-corrected chi connectivity index (χ3v) is 17.2. The number of benzene rings is 1. The third-order valence-electron chi connectivity index (χ3n) is 17.2. The number of unbranched alkanes of at least 4 members (excludes halogenated alkanes) is 1. The van der Waals surface area contributed by atoms with E-state index in [4.69, 9.17) is 80.5 Å². The molecule has 4 fully saturated rings. The Hall–Kier alpha value is -3.17. The molecule has 0 radical (unpaired) electrons. The number of aliphatic hydroxyl groups excluding tert-OH is 2. The van der Waals surface area contributed by atoms with Crippen LogP contribution in [0.4, 0.5) is 0 Å². The standard InChI is InChI=1S/C63H106O22/c1-18-23-35(5)59(67)80-44(26-22-21-25-34(4)47(20-3)69-12)32-45(81-60(68)36(6)24-19-2)31-42-27-29-43(30-28-42)82-61-57(73-16)54(51(71-14)39(9)77-61)85-62-56(72-15)53(49(66)37(7)76-62)84-63-58(74-17)55(52(40(10)78-63)79-41(11)64)83-48-33-46(65)50(70-13)38(8)75-48/h27-30,34-40,44-58,61-63,65-66H,18-26,31-33H2,1-17H3/t34-,35-,36-,37-,38+,39+,40+,44+,45-,46-,47+,48-,49+,50+,51+,52-,53-,54+,55-,56-,57+,58-,61+,62+,63+/m0/s1. The zero-order chi connectivity index (χ0) is 62.7. The topological polar surface area (TPSA) is 249 Å². The number of rotatable bonds is 34. The normalized spacial score (nSPS) is 34.7. The molecule has 22 heteroatoms. The van der Waals surface area contributed by atoms with Crippen LogP contribution in [-0.4, -0.2) is 206 Å². The number of ether oxygens (including phenoxy) is 17. The SMILES string of the molecule is CCC[C@H](C)C(=O)O[C@H](CCCC[C@H](C)[C@@H](CC)OC)C[C@H](Cc1ccc(O[C@H]2O[C@H](C)[C@@H](OC)[C@@H](O[C@H]3O[C@@H](C)[C@@H](O)[C@H](O[C@H]4O[C@H](C)[C@H](OC(C)=O)[C@H](O[C@H]5C[C@H](O)[C@H](OC)[C@@H](C)O5)[C@@H]4OC)[C@@H]3OC)[C@H]2OC)cc1)OC(=O)[C@@H](C)CCC. The van der Waals surface area contributed by atoms with Crippen LogP contribution in [-0.2, 0) is 96.6 Å². The first-order valence-electron chi connectivity index (χ1n) is 31.0. The predicted octanol–water partition coefficient (Wildman–Crippen LogP) is 7.57. The molecule has 490 valence electrons. The van der Waals surface area contributed by atoms with Crippen LogP contribution in [0.2, 0.25) is 0 Å². The van der Waals surface area contributed by atoms with Crippen molar-refractivity contribution in [3.8, 4) is 5.75 Å². The summed E-state index contributed by atoms with van der Waals surface area (Å²) in [4.78, 5) is 39.5. The van der Waals surface area contributed by atoms with Crippen molar-refractivity contribution in [2.75, 3.05) is 42.7 Å². The second-order valence-corrected chi connectivity index (χ2v) is 23.7. The number of carbonyl (C=O) groups is 3. The van der Waals surface area contributed by atoms with Crippen molar-refractivity contribution < 1.29 is 105 Å². The molecule has 5 rings (SSSR count). The van der Waals surface area contributed by atoms with Gasteiger partial charge in [0.15, 0.2) is 25.0 Å². The molecule has 4 saturated heterocycles. The van der Waals surface area contributed by atoms with E-state index < -0.39 is 135 Å². The Balaban J connectivity index is 1.34. The number of methoxy groups -OCH3 is 6. The average Bonchev–Trinajstić information content (AvgIpc) is 3.18. The summed E-state index contributed by atoms with van der Waals surface area (Å²) in [7, 11) is 9.15. The van der Waals surface area contributed by atoms with Crippen molar-refractivity contribution in [2.45, 2.75) is 288 Å². The molecule has 25 atom stereocenters. The van der Waals surface area contributed by atoms with Crippen molar-refractivity contribution in [3.05, 3.63) is 29.8 Å². The van der Waals surface area contributed by atoms with Crippen LogP contribution in [0.15, 0.2) is 24.3 Å². The molecule has 85 heavy (non-hydrogen) atoms. The Morgan fingerprint density at radius 1 is 0.565 bits per heavy atom. The second-order valence-electron chi connectivity index (χ2n) is 23.7. The van der Waals surface area contributed by atoms with Gasteiger partial charge in [-0.2, -0.15) is 0 Å². The zero-order valence-electron chi connectivity index (χ0n) is 53.8. The van der Waals surface area contributed by atoms with Crippen LogP contribution < -0.4 is 4.74 Å². The first-order chi connectivity index (χ1) is 40.6. The number of aliphatic hydroxyl groups is 2. The monoisotopic (exact) mass is 1210 g/mol. The summed E-state index contributed by atoms with van der Waals surface area (Å²) in [5.41, 5.74) is 0.872. The van der Waals surface area contributed by atoms with Crippen molar-refractivity contribution in [1.82, 2.24) is 0 Å². The lowest BCUT2D eigenvalue weighted by atomic mass is 9.94. The molecule has 0 spiro atoms. The van der Waals surface area contributed by atoms with Gasteiger partial charge in [-0.1, -0.05) is 72.9 Å². The van der Waals surface area contributed by atoms with Gasteiger partial charge in [-0.3, -0.25) is 14.4 Å². The van der Waals surface area contributed by atoms with E-state index in [1.165, 1.54) is 42.5 Å². The van der Waals surface area contributed by atoms with E-state index in [-0.39, 0.29) is 36.3 Å². The molecule has 0 saturated carbocycles. The third kappa shape index (κ3) is 20.2. The summed E-state index contributed by atoms with van der Waals surface area (Å²) in [5, 5.41) is 22.7. The smallest absolute Gasteiger partial charge is 0.308 e. The molecule has 1 aromatic carbocycles. The van der Waals surface area contributed by atoms with Crippen LogP contribution in [0, 0.1) is 17.8 Å². The molecule has 0 aromatic heterocycles. The lowest BCUT2D eigenvalue weighted by Gasteiger charge is -2.50. The highest BCUT2D eigenvalue weighted by Gasteiger charge is 2.56. The Labute approximate surface area is 505 Å². The van der Waals surface area contributed by atoms with E-state index in [1.54, 1.807) is 27.9 Å². The van der Waals surface area contributed by atoms with Crippen LogP contribution >= 0.6 is 0 Å². The van der Waals surface area contributed by atoms with E-state index >= 15 is 0 Å². The summed E-state index contributed by atoms with van der Waals surface area (Å²) in [5.74, 6) is -0.826. The van der Waals surface area contributed by atoms with Gasteiger partial charge < -0.3 is 90.7 Å². The van der Waals surface area contributed by atoms with Crippen molar-refractivity contribution in [1.29, 1.82) is 0 Å². The molecule has 0 aliphatic carbocycles. The molecule has 0 amide bonds. The Kier molecular flexibility index (Phi) is 30.6. The minimum Gasteiger partial charge on any atom is -0.462 e. The van der Waals surface area contributed by atoms with Gasteiger partial charge in [-0.15, -0.1) is 0 Å². The second kappa shape index (κ2) is 35.9. The molecule has 4 heterocycles. The maximum atomic E-state index is 13.6. The van der Waals surface area contributed by atoms with Gasteiger partial charge in [0.05, 0.1) is 48.5 Å². The molecule has 22 nitrogen and oxygen atoms in total. The van der Waals surface area contributed by atoms with Gasteiger partial charge in [0.1, 0.15) is 72.9 Å². The van der Waals surface area contributed by atoms with Crippen molar-refractivity contribution >= 4 is 17.9 Å². The van der Waals surface area contributed by atoms with Gasteiger partial charge in [0, 0.05) is 68.8 Å². The van der Waals surface area contributed by atoms with E-state index in [9.17, 15) is 24.6 Å². The Bertz CT molecular complexity index is 2070. The quantitative estimate of drug-likeness (QED) is 0.0383. The summed E-state index contributed by atoms with van der Waals surface area (Å²) in [6, 6.07) is 7.44. The maximum Gasteiger partial charge on any atom is 0.308 e. The van der Waals surface area contributed by atoms with Gasteiger partial charge >= 0.3 is 17.9 Å². The number of hydrogen-bond donors (Lipinski definition) is 2. The highest BCUT2D eigenvalue weighted by Crippen LogP contribution is 2.38. The number of hydrogen-bond acceptors (Lipinski definition) is 22. The van der Waals surface area contributed by atoms with Gasteiger partial charge in [0.2, 0.25) is 6.29 Å². The van der Waals surface area contributed by atoms with E-state index in [0.717, 1.165) is 50.5 Å². The van der Waals surface area contributed by atoms with E-state index in [1.807, 2.05) is 58.9 Å². The van der Waals surface area contributed by atoms with Crippen molar-refractivity contribution in [2.24, 2.45) is 17.8 Å². The highest BCUT2D eigenvalue weighted by atomic mass is 16.8. The van der Waals surface area contributed by atoms with E-state index in [2.05, 4.69) is 13.8 Å². The van der Waals surface area contributed by atoms with Gasteiger partial charge in [-0.25, -0.2) is 0 Å². The fourth-order valence-electron chi connectivity index (χ4n) is 12.4. The molecule has 4 aliphatic heterocycles. The molecule has 0 unspecified atom stereocenters. The molecular weight excluding hydrogens is 1110 g/mol. The maximum absolute atomic E-state index is 13.6. The summed E-state index contributed by atoms with van der Waals surface area (Å²) >= 11 is 0. The largest absolute Gasteiger partial charge is 0.462 e. The van der Waals surface area contributed by atoms with Crippen LogP contribution in [0.25, 0.3) is 0 Å². The molecular formula is C63H106O22. The number of carbonyl (C=O) groups excluding carboxylic acids is 3. The first-order valence-corrected chi connectivity index (χ1v) is 31.0. The Morgan fingerprint density at radius 3 is 1.60 bits per heavy atom. The fraction of sp³-hybridized carbons (Fsp3) is 0.857. The average molecular weight is 1220 g/mol. The fourth-order valence-corrected chi connectivity index (χ4v) is 12.4. The van der Waals surface area contributed by atoms with Gasteiger partial charge in [0.25, 0.3) is 0 Å². The lowest BCUT2D eigenvalue weighted by Crippen LogP contribution is -2.67. The Morgan fingerprint density at radius 2 is 1.06 bits per heavy atom. The number of esters is 3. The minimum absolute atomic E-state index is 0.0507. The van der Waals surface area contributed by atoms with Crippen LogP contribution in [0.5, 0.6) is 5.75 Å². The highest BCUT2D eigenvalue weighted by molar-refractivity contribution is 5.72. The van der Waals surface area contributed by atoms with Crippen molar-refractivity contribution in [3.63, 3.8) is 0 Å². The van der Waals surface area contributed by atoms with Crippen LogP contribution in [0.1, 0.15) is 152 Å². The summed E-state index contributed by atoms with van der Waals surface area (Å²) in [6.45, 7) is 20.4. The molecule has 0 bridgehead atoms. The van der Waals surface area contributed by atoms with Crippen LogP contribution in [0.3, 0.4) is 0 Å².